The highest BCUT2D eigenvalue weighted by atomic mass is 35.5. The highest BCUT2D eigenvalue weighted by Gasteiger charge is 2.14. The van der Waals surface area contributed by atoms with Crippen LogP contribution in [0.25, 0.3) is 0 Å². The van der Waals surface area contributed by atoms with Crippen molar-refractivity contribution >= 4 is 18.3 Å². The molecule has 1 amide bonds. The van der Waals surface area contributed by atoms with Crippen molar-refractivity contribution in [2.75, 3.05) is 19.7 Å². The zero-order chi connectivity index (χ0) is 13.5. The van der Waals surface area contributed by atoms with Gasteiger partial charge >= 0.3 is 0 Å². The standard InChI is InChI=1S/C15H22N2O2.ClH/c1-12-4-2-6-14(10-12)19-9-7-15(18)17-13-5-3-8-16-11-13;/h2,4,6,10,13,16H,3,5,7-9,11H2,1H3,(H,17,18);1H/t13-;/m1./s1. The van der Waals surface area contributed by atoms with Gasteiger partial charge in [-0.05, 0) is 44.0 Å². The third-order valence-electron chi connectivity index (χ3n) is 3.25. The first-order valence-electron chi connectivity index (χ1n) is 6.93. The molecule has 5 heteroatoms. The number of amides is 1. The van der Waals surface area contributed by atoms with Gasteiger partial charge in [0.1, 0.15) is 5.75 Å². The van der Waals surface area contributed by atoms with Gasteiger partial charge in [-0.15, -0.1) is 12.4 Å². The number of ether oxygens (including phenoxy) is 1. The Kier molecular flexibility index (Phi) is 7.41. The van der Waals surface area contributed by atoms with E-state index in [0.717, 1.165) is 37.2 Å². The van der Waals surface area contributed by atoms with E-state index in [9.17, 15) is 4.79 Å². The van der Waals surface area contributed by atoms with Gasteiger partial charge in [0.2, 0.25) is 5.91 Å². The van der Waals surface area contributed by atoms with Gasteiger partial charge in [0.05, 0.1) is 13.0 Å². The van der Waals surface area contributed by atoms with Gasteiger partial charge in [0, 0.05) is 12.6 Å². The molecule has 0 unspecified atom stereocenters. The number of carbonyl (C=O) groups is 1. The van der Waals surface area contributed by atoms with Gasteiger partial charge in [-0.1, -0.05) is 12.1 Å². The first-order chi connectivity index (χ1) is 9.24. The summed E-state index contributed by atoms with van der Waals surface area (Å²) in [5.41, 5.74) is 1.16. The molecule has 1 heterocycles. The maximum atomic E-state index is 11.7. The van der Waals surface area contributed by atoms with Crippen molar-refractivity contribution in [3.05, 3.63) is 29.8 Å². The molecule has 1 aromatic carbocycles. The summed E-state index contributed by atoms with van der Waals surface area (Å²) in [4.78, 5) is 11.7. The second-order valence-electron chi connectivity index (χ2n) is 5.03. The fourth-order valence-electron chi connectivity index (χ4n) is 2.24. The Morgan fingerprint density at radius 3 is 3.05 bits per heavy atom. The molecule has 20 heavy (non-hydrogen) atoms. The van der Waals surface area contributed by atoms with Gasteiger partial charge in [0.25, 0.3) is 0 Å². The second kappa shape index (κ2) is 8.82. The first kappa shape index (κ1) is 16.8. The van der Waals surface area contributed by atoms with E-state index < -0.39 is 0 Å². The third-order valence-corrected chi connectivity index (χ3v) is 3.25. The van der Waals surface area contributed by atoms with E-state index in [1.807, 2.05) is 31.2 Å². The van der Waals surface area contributed by atoms with E-state index in [1.54, 1.807) is 0 Å². The van der Waals surface area contributed by atoms with Crippen LogP contribution in [-0.4, -0.2) is 31.6 Å². The normalized spacial score (nSPS) is 17.9. The third kappa shape index (κ3) is 5.80. The molecule has 1 saturated heterocycles. The number of rotatable bonds is 5. The highest BCUT2D eigenvalue weighted by Crippen LogP contribution is 2.12. The molecule has 2 rings (SSSR count). The minimum absolute atomic E-state index is 0. The van der Waals surface area contributed by atoms with Crippen LogP contribution in [-0.2, 0) is 4.79 Å². The van der Waals surface area contributed by atoms with Crippen LogP contribution in [0, 0.1) is 6.92 Å². The molecule has 1 aliphatic rings. The molecular weight excluding hydrogens is 276 g/mol. The summed E-state index contributed by atoms with van der Waals surface area (Å²) in [6, 6.07) is 8.15. The van der Waals surface area contributed by atoms with Gasteiger partial charge in [-0.25, -0.2) is 0 Å². The molecule has 0 radical (unpaired) electrons. The van der Waals surface area contributed by atoms with Crippen LogP contribution < -0.4 is 15.4 Å². The van der Waals surface area contributed by atoms with Crippen LogP contribution in [0.4, 0.5) is 0 Å². The fourth-order valence-corrected chi connectivity index (χ4v) is 2.24. The Morgan fingerprint density at radius 2 is 2.35 bits per heavy atom. The van der Waals surface area contributed by atoms with Crippen LogP contribution in [0.2, 0.25) is 0 Å². The van der Waals surface area contributed by atoms with Gasteiger partial charge in [-0.3, -0.25) is 4.79 Å². The summed E-state index contributed by atoms with van der Waals surface area (Å²) in [5, 5.41) is 6.32. The number of piperidine rings is 1. The molecule has 1 atom stereocenters. The van der Waals surface area contributed by atoms with E-state index in [-0.39, 0.29) is 24.4 Å². The van der Waals surface area contributed by atoms with Crippen molar-refractivity contribution < 1.29 is 9.53 Å². The number of hydrogen-bond acceptors (Lipinski definition) is 3. The van der Waals surface area contributed by atoms with E-state index in [2.05, 4.69) is 10.6 Å². The van der Waals surface area contributed by atoms with Crippen molar-refractivity contribution in [1.82, 2.24) is 10.6 Å². The summed E-state index contributed by atoms with van der Waals surface area (Å²) < 4.78 is 5.57. The van der Waals surface area contributed by atoms with Crippen LogP contribution >= 0.6 is 12.4 Å². The predicted octanol–water partition coefficient (Wildman–Crippen LogP) is 2.05. The molecule has 1 aromatic rings. The Labute approximate surface area is 126 Å². The Balaban J connectivity index is 0.00000200. The molecule has 0 bridgehead atoms. The predicted molar refractivity (Wildman–Crippen MR) is 82.6 cm³/mol. The van der Waals surface area contributed by atoms with Gasteiger partial charge in [-0.2, -0.15) is 0 Å². The summed E-state index contributed by atoms with van der Waals surface area (Å²) >= 11 is 0. The van der Waals surface area contributed by atoms with Gasteiger partial charge < -0.3 is 15.4 Å². The first-order valence-corrected chi connectivity index (χ1v) is 6.93. The number of benzene rings is 1. The van der Waals surface area contributed by atoms with Crippen LogP contribution in [0.3, 0.4) is 0 Å². The van der Waals surface area contributed by atoms with E-state index in [4.69, 9.17) is 4.74 Å². The Bertz CT molecular complexity index is 420. The smallest absolute Gasteiger partial charge is 0.223 e. The summed E-state index contributed by atoms with van der Waals surface area (Å²) in [5.74, 6) is 0.897. The molecule has 0 saturated carbocycles. The summed E-state index contributed by atoms with van der Waals surface area (Å²) in [7, 11) is 0. The number of carbonyl (C=O) groups excluding carboxylic acids is 1. The molecular formula is C15H23ClN2O2. The van der Waals surface area contributed by atoms with E-state index in [1.165, 1.54) is 0 Å². The molecule has 4 nitrogen and oxygen atoms in total. The largest absolute Gasteiger partial charge is 0.493 e. The monoisotopic (exact) mass is 298 g/mol. The van der Waals surface area contributed by atoms with Crippen LogP contribution in [0.1, 0.15) is 24.8 Å². The van der Waals surface area contributed by atoms with Crippen molar-refractivity contribution in [3.63, 3.8) is 0 Å². The quantitative estimate of drug-likeness (QED) is 0.875. The Hall–Kier alpha value is -1.26. The minimum atomic E-state index is 0. The lowest BCUT2D eigenvalue weighted by Gasteiger charge is -2.23. The van der Waals surface area contributed by atoms with E-state index >= 15 is 0 Å². The SMILES string of the molecule is Cc1cccc(OCCC(=O)N[C@@H]2CCCNC2)c1.Cl. The molecule has 1 aliphatic heterocycles. The summed E-state index contributed by atoms with van der Waals surface area (Å²) in [6.07, 6.45) is 2.60. The maximum absolute atomic E-state index is 11.7. The van der Waals surface area contributed by atoms with Crippen molar-refractivity contribution in [1.29, 1.82) is 0 Å². The highest BCUT2D eigenvalue weighted by molar-refractivity contribution is 5.85. The maximum Gasteiger partial charge on any atom is 0.223 e. The molecule has 1 fully saturated rings. The summed E-state index contributed by atoms with van der Waals surface area (Å²) in [6.45, 7) is 4.39. The molecule has 112 valence electrons. The topological polar surface area (TPSA) is 50.4 Å². The lowest BCUT2D eigenvalue weighted by molar-refractivity contribution is -0.122. The molecule has 0 aliphatic carbocycles. The van der Waals surface area contributed by atoms with Crippen molar-refractivity contribution in [2.24, 2.45) is 0 Å². The van der Waals surface area contributed by atoms with E-state index in [0.29, 0.717) is 13.0 Å². The fraction of sp³-hybridized carbons (Fsp3) is 0.533. The van der Waals surface area contributed by atoms with Gasteiger partial charge in [0.15, 0.2) is 0 Å². The number of nitrogens with one attached hydrogen (secondary N) is 2. The minimum Gasteiger partial charge on any atom is -0.493 e. The Morgan fingerprint density at radius 1 is 1.50 bits per heavy atom. The molecule has 0 aromatic heterocycles. The molecule has 0 spiro atoms. The van der Waals surface area contributed by atoms with Crippen LogP contribution in [0.5, 0.6) is 5.75 Å². The zero-order valence-electron chi connectivity index (χ0n) is 11.9. The van der Waals surface area contributed by atoms with Crippen LogP contribution in [0.15, 0.2) is 24.3 Å². The lowest BCUT2D eigenvalue weighted by atomic mass is 10.1. The lowest BCUT2D eigenvalue weighted by Crippen LogP contribution is -2.45. The number of aryl methyl sites for hydroxylation is 1. The van der Waals surface area contributed by atoms with Crippen molar-refractivity contribution in [3.8, 4) is 5.75 Å². The number of halogens is 1. The molecule has 2 N–H and O–H groups in total. The van der Waals surface area contributed by atoms with Crippen molar-refractivity contribution in [2.45, 2.75) is 32.2 Å². The number of hydrogen-bond donors (Lipinski definition) is 2. The second-order valence-corrected chi connectivity index (χ2v) is 5.03. The zero-order valence-corrected chi connectivity index (χ0v) is 12.7. The average Bonchev–Trinajstić information content (AvgIpc) is 2.40. The average molecular weight is 299 g/mol.